The highest BCUT2D eigenvalue weighted by atomic mass is 16.1. The molecule has 0 fully saturated rings. The van der Waals surface area contributed by atoms with Crippen LogP contribution in [0.2, 0.25) is 0 Å². The minimum absolute atomic E-state index is 0.230. The van der Waals surface area contributed by atoms with E-state index in [4.69, 9.17) is 5.73 Å². The van der Waals surface area contributed by atoms with Gasteiger partial charge in [-0.15, -0.1) is 0 Å². The summed E-state index contributed by atoms with van der Waals surface area (Å²) in [6.45, 7) is 0.230. The van der Waals surface area contributed by atoms with E-state index in [-0.39, 0.29) is 12.2 Å². The predicted octanol–water partition coefficient (Wildman–Crippen LogP) is 0.0193. The van der Waals surface area contributed by atoms with Crippen LogP contribution >= 0.6 is 0 Å². The number of hydrogen-bond donors (Lipinski definition) is 2. The number of benzene rings is 1. The normalized spacial score (nSPS) is 10.4. The molecule has 5 nitrogen and oxygen atoms in total. The lowest BCUT2D eigenvalue weighted by Crippen LogP contribution is -2.18. The van der Waals surface area contributed by atoms with Gasteiger partial charge in [-0.05, 0) is 12.1 Å². The molecule has 1 aromatic heterocycles. The molecule has 2 aromatic rings. The van der Waals surface area contributed by atoms with Gasteiger partial charge in [0.05, 0.1) is 12.2 Å². The average molecular weight is 190 g/mol. The van der Waals surface area contributed by atoms with Crippen LogP contribution in [-0.2, 0) is 6.54 Å². The second-order valence-corrected chi connectivity index (χ2v) is 2.82. The molecular formula is C9H10N4O. The van der Waals surface area contributed by atoms with Crippen molar-refractivity contribution in [3.05, 3.63) is 46.6 Å². The minimum Gasteiger partial charge on any atom is -0.324 e. The molecule has 14 heavy (non-hydrogen) atoms. The van der Waals surface area contributed by atoms with Crippen LogP contribution < -0.4 is 11.4 Å². The van der Waals surface area contributed by atoms with Crippen molar-refractivity contribution in [2.75, 3.05) is 0 Å². The van der Waals surface area contributed by atoms with Gasteiger partial charge in [-0.25, -0.2) is 14.5 Å². The minimum atomic E-state index is -0.267. The summed E-state index contributed by atoms with van der Waals surface area (Å²) in [6.07, 6.45) is 0. The monoisotopic (exact) mass is 190 g/mol. The molecule has 5 heteroatoms. The third kappa shape index (κ3) is 1.33. The molecule has 2 rings (SSSR count). The van der Waals surface area contributed by atoms with Gasteiger partial charge in [0.1, 0.15) is 0 Å². The average Bonchev–Trinajstić information content (AvgIpc) is 2.61. The van der Waals surface area contributed by atoms with E-state index in [0.29, 0.717) is 5.82 Å². The van der Waals surface area contributed by atoms with Gasteiger partial charge in [0.15, 0.2) is 5.82 Å². The van der Waals surface area contributed by atoms with Gasteiger partial charge in [0.2, 0.25) is 0 Å². The van der Waals surface area contributed by atoms with Crippen LogP contribution in [0, 0.1) is 0 Å². The maximum atomic E-state index is 11.4. The maximum Gasteiger partial charge on any atom is 0.347 e. The molecule has 72 valence electrons. The van der Waals surface area contributed by atoms with Crippen molar-refractivity contribution in [2.45, 2.75) is 6.54 Å². The van der Waals surface area contributed by atoms with Gasteiger partial charge in [-0.1, -0.05) is 18.2 Å². The SMILES string of the molecule is NCc1n[nH]c(=O)n1-c1ccccc1. The van der Waals surface area contributed by atoms with Gasteiger partial charge >= 0.3 is 5.69 Å². The lowest BCUT2D eigenvalue weighted by Gasteiger charge is -2.02. The quantitative estimate of drug-likeness (QED) is 0.700. The Hall–Kier alpha value is -1.88. The lowest BCUT2D eigenvalue weighted by molar-refractivity contribution is 0.851. The summed E-state index contributed by atoms with van der Waals surface area (Å²) in [5.74, 6) is 0.529. The Morgan fingerprint density at radius 1 is 1.36 bits per heavy atom. The molecule has 0 amide bonds. The zero-order valence-electron chi connectivity index (χ0n) is 7.47. The molecule has 0 bridgehead atoms. The van der Waals surface area contributed by atoms with E-state index in [1.54, 1.807) is 0 Å². The van der Waals surface area contributed by atoms with Crippen LogP contribution in [0.4, 0.5) is 0 Å². The summed E-state index contributed by atoms with van der Waals surface area (Å²) in [4.78, 5) is 11.4. The van der Waals surface area contributed by atoms with Crippen LogP contribution in [0.25, 0.3) is 5.69 Å². The fourth-order valence-corrected chi connectivity index (χ4v) is 1.31. The summed E-state index contributed by atoms with van der Waals surface area (Å²) >= 11 is 0. The molecule has 0 radical (unpaired) electrons. The zero-order chi connectivity index (χ0) is 9.97. The first-order chi connectivity index (χ1) is 6.83. The third-order valence-corrected chi connectivity index (χ3v) is 1.94. The molecule has 3 N–H and O–H groups in total. The van der Waals surface area contributed by atoms with E-state index in [1.165, 1.54) is 4.57 Å². The molecule has 1 aromatic carbocycles. The second kappa shape index (κ2) is 3.47. The van der Waals surface area contributed by atoms with Gasteiger partial charge in [-0.3, -0.25) is 0 Å². The molecular weight excluding hydrogens is 180 g/mol. The van der Waals surface area contributed by atoms with Crippen LogP contribution in [0.1, 0.15) is 5.82 Å². The van der Waals surface area contributed by atoms with Crippen molar-refractivity contribution >= 4 is 0 Å². The number of hydrogen-bond acceptors (Lipinski definition) is 3. The number of H-pyrrole nitrogens is 1. The summed E-state index contributed by atoms with van der Waals surface area (Å²) in [6, 6.07) is 9.26. The van der Waals surface area contributed by atoms with Gasteiger partial charge in [0.25, 0.3) is 0 Å². The van der Waals surface area contributed by atoms with Gasteiger partial charge in [-0.2, -0.15) is 5.10 Å². The van der Waals surface area contributed by atoms with Crippen molar-refractivity contribution in [3.8, 4) is 5.69 Å². The van der Waals surface area contributed by atoms with Gasteiger partial charge in [0, 0.05) is 0 Å². The Balaban J connectivity index is 2.61. The first kappa shape index (κ1) is 8.71. The Morgan fingerprint density at radius 3 is 2.71 bits per heavy atom. The Bertz CT molecular complexity index is 471. The van der Waals surface area contributed by atoms with E-state index in [2.05, 4.69) is 10.2 Å². The topological polar surface area (TPSA) is 76.7 Å². The second-order valence-electron chi connectivity index (χ2n) is 2.82. The van der Waals surface area contributed by atoms with Crippen LogP contribution in [-0.4, -0.2) is 14.8 Å². The van der Waals surface area contributed by atoms with E-state index in [9.17, 15) is 4.79 Å². The van der Waals surface area contributed by atoms with Crippen molar-refractivity contribution in [1.82, 2.24) is 14.8 Å². The Morgan fingerprint density at radius 2 is 2.07 bits per heavy atom. The number of aromatic amines is 1. The molecule has 0 saturated heterocycles. The van der Waals surface area contributed by atoms with E-state index in [0.717, 1.165) is 5.69 Å². The smallest absolute Gasteiger partial charge is 0.324 e. The maximum absolute atomic E-state index is 11.4. The Labute approximate surface area is 80.2 Å². The van der Waals surface area contributed by atoms with E-state index < -0.39 is 0 Å². The zero-order valence-corrected chi connectivity index (χ0v) is 7.47. The molecule has 0 aliphatic rings. The van der Waals surface area contributed by atoms with Crippen molar-refractivity contribution < 1.29 is 0 Å². The van der Waals surface area contributed by atoms with E-state index in [1.807, 2.05) is 30.3 Å². The first-order valence-corrected chi connectivity index (χ1v) is 4.24. The predicted molar refractivity (Wildman–Crippen MR) is 52.1 cm³/mol. The number of rotatable bonds is 2. The molecule has 0 spiro atoms. The third-order valence-electron chi connectivity index (χ3n) is 1.94. The van der Waals surface area contributed by atoms with Crippen LogP contribution in [0.5, 0.6) is 0 Å². The molecule has 0 atom stereocenters. The number of para-hydroxylation sites is 1. The van der Waals surface area contributed by atoms with Gasteiger partial charge < -0.3 is 5.73 Å². The standard InChI is InChI=1S/C9H10N4O/c10-6-8-11-12-9(14)13(8)7-4-2-1-3-5-7/h1-5H,6,10H2,(H,12,14). The summed E-state index contributed by atoms with van der Waals surface area (Å²) in [7, 11) is 0. The lowest BCUT2D eigenvalue weighted by atomic mass is 10.3. The van der Waals surface area contributed by atoms with Crippen LogP contribution in [0.15, 0.2) is 35.1 Å². The first-order valence-electron chi connectivity index (χ1n) is 4.24. The fraction of sp³-hybridized carbons (Fsp3) is 0.111. The Kier molecular flexibility index (Phi) is 2.16. The highest BCUT2D eigenvalue weighted by Crippen LogP contribution is 2.04. The van der Waals surface area contributed by atoms with E-state index >= 15 is 0 Å². The highest BCUT2D eigenvalue weighted by molar-refractivity contribution is 5.31. The molecule has 0 aliphatic carbocycles. The summed E-state index contributed by atoms with van der Waals surface area (Å²) in [5, 5.41) is 6.18. The highest BCUT2D eigenvalue weighted by Gasteiger charge is 2.07. The van der Waals surface area contributed by atoms with Crippen molar-refractivity contribution in [2.24, 2.45) is 5.73 Å². The molecule has 0 aliphatic heterocycles. The molecule has 0 unspecified atom stereocenters. The number of nitrogens with one attached hydrogen (secondary N) is 1. The number of nitrogens with two attached hydrogens (primary N) is 1. The largest absolute Gasteiger partial charge is 0.347 e. The van der Waals surface area contributed by atoms with Crippen molar-refractivity contribution in [1.29, 1.82) is 0 Å². The summed E-state index contributed by atoms with van der Waals surface area (Å²) < 4.78 is 1.46. The number of nitrogens with zero attached hydrogens (tertiary/aromatic N) is 2. The number of aromatic nitrogens is 3. The molecule has 1 heterocycles. The summed E-state index contributed by atoms with van der Waals surface area (Å²) in [5.41, 5.74) is 5.96. The van der Waals surface area contributed by atoms with Crippen LogP contribution in [0.3, 0.4) is 0 Å². The van der Waals surface area contributed by atoms with Crippen molar-refractivity contribution in [3.63, 3.8) is 0 Å². The molecule has 0 saturated carbocycles. The fourth-order valence-electron chi connectivity index (χ4n) is 1.31.